The van der Waals surface area contributed by atoms with Gasteiger partial charge >= 0.3 is 0 Å². The van der Waals surface area contributed by atoms with Gasteiger partial charge in [-0.2, -0.15) is 0 Å². The Bertz CT molecular complexity index is 546. The van der Waals surface area contributed by atoms with Gasteiger partial charge in [0, 0.05) is 6.04 Å². The molecule has 0 unspecified atom stereocenters. The molecule has 21 heavy (non-hydrogen) atoms. The van der Waals surface area contributed by atoms with Gasteiger partial charge in [-0.15, -0.1) is 0 Å². The van der Waals surface area contributed by atoms with Gasteiger partial charge < -0.3 is 5.32 Å². The Morgan fingerprint density at radius 2 is 1.57 bits per heavy atom. The minimum Gasteiger partial charge on any atom is -0.352 e. The number of nitrogens with one attached hydrogen (secondary N) is 1. The number of carbonyl (C=O) groups is 1. The summed E-state index contributed by atoms with van der Waals surface area (Å²) in [4.78, 5) is 12.2. The molecule has 1 aliphatic carbocycles. The van der Waals surface area contributed by atoms with Crippen molar-refractivity contribution in [3.05, 3.63) is 30.3 Å². The van der Waals surface area contributed by atoms with Crippen LogP contribution < -0.4 is 5.32 Å². The molecule has 0 bridgehead atoms. The third-order valence-corrected chi connectivity index (χ3v) is 5.53. The Balaban J connectivity index is 1.91. The van der Waals surface area contributed by atoms with Crippen molar-refractivity contribution < 1.29 is 13.2 Å². The lowest BCUT2D eigenvalue weighted by Gasteiger charge is -2.21. The highest BCUT2D eigenvalue weighted by Crippen LogP contribution is 2.17. The molecule has 0 saturated heterocycles. The molecular weight excluding hydrogens is 286 g/mol. The van der Waals surface area contributed by atoms with Gasteiger partial charge in [0.25, 0.3) is 0 Å². The molecule has 4 nitrogen and oxygen atoms in total. The molecule has 0 heterocycles. The van der Waals surface area contributed by atoms with Gasteiger partial charge in [0.1, 0.15) is 5.75 Å². The third kappa shape index (κ3) is 5.16. The zero-order valence-electron chi connectivity index (χ0n) is 12.3. The van der Waals surface area contributed by atoms with E-state index in [0.29, 0.717) is 0 Å². The topological polar surface area (TPSA) is 63.2 Å². The van der Waals surface area contributed by atoms with Gasteiger partial charge in [0.15, 0.2) is 9.84 Å². The van der Waals surface area contributed by atoms with Gasteiger partial charge in [-0.3, -0.25) is 4.79 Å². The molecule has 1 fully saturated rings. The summed E-state index contributed by atoms with van der Waals surface area (Å²) in [5, 5.41) is 2.89. The first kappa shape index (κ1) is 16.0. The normalized spacial score (nSPS) is 17.7. The molecule has 0 atom stereocenters. The summed E-state index contributed by atoms with van der Waals surface area (Å²) in [6, 6.07) is 8.27. The van der Waals surface area contributed by atoms with Crippen LogP contribution in [0.3, 0.4) is 0 Å². The fourth-order valence-corrected chi connectivity index (χ4v) is 3.92. The van der Waals surface area contributed by atoms with Crippen molar-refractivity contribution in [3.63, 3.8) is 0 Å². The first-order chi connectivity index (χ1) is 10.1. The standard InChI is InChI=1S/C16H23NO3S/c18-16(17-14-9-5-2-1-3-6-10-14)13-21(19,20)15-11-7-4-8-12-15/h4,7-8,11-12,14H,1-3,5-6,9-10,13H2,(H,17,18). The lowest BCUT2D eigenvalue weighted by molar-refractivity contribution is -0.119. The third-order valence-electron chi connectivity index (χ3n) is 3.89. The maximum absolute atomic E-state index is 12.1. The average molecular weight is 309 g/mol. The SMILES string of the molecule is O=C(CS(=O)(=O)c1ccccc1)NC1CCCCCCC1. The Labute approximate surface area is 126 Å². The maximum Gasteiger partial charge on any atom is 0.235 e. The zero-order valence-corrected chi connectivity index (χ0v) is 13.1. The summed E-state index contributed by atoms with van der Waals surface area (Å²) in [7, 11) is -3.54. The van der Waals surface area contributed by atoms with E-state index in [1.807, 2.05) is 0 Å². The van der Waals surface area contributed by atoms with Crippen LogP contribution >= 0.6 is 0 Å². The lowest BCUT2D eigenvalue weighted by atomic mass is 9.97. The molecule has 2 rings (SSSR count). The van der Waals surface area contributed by atoms with E-state index in [-0.39, 0.29) is 16.8 Å². The van der Waals surface area contributed by atoms with Crippen LogP contribution in [0.15, 0.2) is 35.2 Å². The second kappa shape index (κ2) is 7.59. The Morgan fingerprint density at radius 3 is 2.19 bits per heavy atom. The van der Waals surface area contributed by atoms with E-state index >= 15 is 0 Å². The molecule has 0 aliphatic heterocycles. The molecule has 0 aromatic heterocycles. The highest BCUT2D eigenvalue weighted by atomic mass is 32.2. The summed E-state index contributed by atoms with van der Waals surface area (Å²) < 4.78 is 24.3. The molecule has 1 N–H and O–H groups in total. The van der Waals surface area contributed by atoms with Gasteiger partial charge in [-0.25, -0.2) is 8.42 Å². The molecule has 0 radical (unpaired) electrons. The summed E-state index contributed by atoms with van der Waals surface area (Å²) in [5.41, 5.74) is 0. The highest BCUT2D eigenvalue weighted by molar-refractivity contribution is 7.92. The first-order valence-electron chi connectivity index (χ1n) is 7.65. The predicted octanol–water partition coefficient (Wildman–Crippen LogP) is 2.69. The summed E-state index contributed by atoms with van der Waals surface area (Å²) in [6.07, 6.45) is 7.80. The van der Waals surface area contributed by atoms with Crippen LogP contribution in [-0.4, -0.2) is 26.1 Å². The molecular formula is C16H23NO3S. The van der Waals surface area contributed by atoms with Crippen molar-refractivity contribution in [2.75, 3.05) is 5.75 Å². The minimum absolute atomic E-state index is 0.128. The highest BCUT2D eigenvalue weighted by Gasteiger charge is 2.21. The molecule has 1 aromatic carbocycles. The van der Waals surface area contributed by atoms with E-state index in [9.17, 15) is 13.2 Å². The van der Waals surface area contributed by atoms with Crippen molar-refractivity contribution in [1.82, 2.24) is 5.32 Å². The molecule has 1 saturated carbocycles. The summed E-state index contributed by atoms with van der Waals surface area (Å²) in [6.45, 7) is 0. The van der Waals surface area contributed by atoms with Crippen LogP contribution in [0.4, 0.5) is 0 Å². The van der Waals surface area contributed by atoms with Crippen LogP contribution in [0.5, 0.6) is 0 Å². The largest absolute Gasteiger partial charge is 0.352 e. The fourth-order valence-electron chi connectivity index (χ4n) is 2.75. The molecule has 5 heteroatoms. The second-order valence-corrected chi connectivity index (χ2v) is 7.67. The fraction of sp³-hybridized carbons (Fsp3) is 0.562. The molecule has 116 valence electrons. The minimum atomic E-state index is -3.54. The maximum atomic E-state index is 12.1. The quantitative estimate of drug-likeness (QED) is 0.930. The first-order valence-corrected chi connectivity index (χ1v) is 9.30. The lowest BCUT2D eigenvalue weighted by Crippen LogP contribution is -2.38. The van der Waals surface area contributed by atoms with E-state index in [2.05, 4.69) is 5.32 Å². The van der Waals surface area contributed by atoms with Gasteiger partial charge in [-0.05, 0) is 25.0 Å². The second-order valence-electron chi connectivity index (χ2n) is 5.68. The molecule has 1 aliphatic rings. The van der Waals surface area contributed by atoms with E-state index in [4.69, 9.17) is 0 Å². The smallest absolute Gasteiger partial charge is 0.235 e. The van der Waals surface area contributed by atoms with Crippen molar-refractivity contribution >= 4 is 15.7 Å². The summed E-state index contributed by atoms with van der Waals surface area (Å²) in [5.74, 6) is -0.850. The van der Waals surface area contributed by atoms with Crippen molar-refractivity contribution in [1.29, 1.82) is 0 Å². The number of rotatable bonds is 4. The molecule has 1 aromatic rings. The Morgan fingerprint density at radius 1 is 1.00 bits per heavy atom. The number of benzene rings is 1. The molecule has 0 spiro atoms. The van der Waals surface area contributed by atoms with Crippen LogP contribution in [0, 0.1) is 0 Å². The van der Waals surface area contributed by atoms with Crippen LogP contribution in [0.1, 0.15) is 44.9 Å². The van der Waals surface area contributed by atoms with E-state index in [0.717, 1.165) is 25.7 Å². The monoisotopic (exact) mass is 309 g/mol. The van der Waals surface area contributed by atoms with Gasteiger partial charge in [-0.1, -0.05) is 50.3 Å². The average Bonchev–Trinajstić information content (AvgIpc) is 2.42. The Kier molecular flexibility index (Phi) is 5.79. The van der Waals surface area contributed by atoms with E-state index < -0.39 is 15.6 Å². The van der Waals surface area contributed by atoms with Crippen LogP contribution in [0.2, 0.25) is 0 Å². The van der Waals surface area contributed by atoms with Gasteiger partial charge in [0.05, 0.1) is 4.90 Å². The number of hydrogen-bond donors (Lipinski definition) is 1. The predicted molar refractivity (Wildman–Crippen MR) is 82.7 cm³/mol. The number of carbonyl (C=O) groups excluding carboxylic acids is 1. The number of hydrogen-bond acceptors (Lipinski definition) is 3. The number of amides is 1. The van der Waals surface area contributed by atoms with Crippen LogP contribution in [-0.2, 0) is 14.6 Å². The van der Waals surface area contributed by atoms with Crippen LogP contribution in [0.25, 0.3) is 0 Å². The van der Waals surface area contributed by atoms with E-state index in [1.165, 1.54) is 31.4 Å². The van der Waals surface area contributed by atoms with Crippen molar-refractivity contribution in [2.45, 2.75) is 55.9 Å². The number of sulfone groups is 1. The van der Waals surface area contributed by atoms with E-state index in [1.54, 1.807) is 18.2 Å². The van der Waals surface area contributed by atoms with Crippen molar-refractivity contribution in [3.8, 4) is 0 Å². The Hall–Kier alpha value is -1.36. The summed E-state index contributed by atoms with van der Waals surface area (Å²) >= 11 is 0. The van der Waals surface area contributed by atoms with Crippen molar-refractivity contribution in [2.24, 2.45) is 0 Å². The zero-order chi connectivity index (χ0) is 15.1. The van der Waals surface area contributed by atoms with Gasteiger partial charge in [0.2, 0.25) is 5.91 Å². The molecule has 1 amide bonds.